The Balaban J connectivity index is 2.48. The molecule has 5 nitrogen and oxygen atoms in total. The summed E-state index contributed by atoms with van der Waals surface area (Å²) in [4.78, 5) is 22.5. The van der Waals surface area contributed by atoms with E-state index in [9.17, 15) is 9.59 Å². The van der Waals surface area contributed by atoms with Gasteiger partial charge in [-0.2, -0.15) is 0 Å². The fourth-order valence-electron chi connectivity index (χ4n) is 1.51. The Kier molecular flexibility index (Phi) is 4.92. The van der Waals surface area contributed by atoms with E-state index in [0.29, 0.717) is 6.42 Å². The number of carbonyl (C=O) groups excluding carboxylic acids is 1. The summed E-state index contributed by atoms with van der Waals surface area (Å²) in [6.45, 7) is 2.92. The average Bonchev–Trinajstić information content (AvgIpc) is 2.36. The maximum absolute atomic E-state index is 11.7. The van der Waals surface area contributed by atoms with Gasteiger partial charge in [0, 0.05) is 6.42 Å². The Morgan fingerprint density at radius 2 is 1.84 bits per heavy atom. The summed E-state index contributed by atoms with van der Waals surface area (Å²) in [6.07, 6.45) is 0.814. The Bertz CT molecular complexity index is 451. The summed E-state index contributed by atoms with van der Waals surface area (Å²) >= 11 is 0. The third-order valence-electron chi connectivity index (χ3n) is 2.79. The number of carboxylic acids is 1. The number of methoxy groups -OCH3 is 1. The highest BCUT2D eigenvalue weighted by molar-refractivity contribution is 5.86. The van der Waals surface area contributed by atoms with Crippen LogP contribution in [-0.2, 0) is 16.0 Å². The number of carbonyl (C=O) groups is 2. The minimum atomic E-state index is -1.24. The first-order valence-corrected chi connectivity index (χ1v) is 6.02. The molecule has 0 aliphatic carbocycles. The molecule has 0 saturated heterocycles. The van der Waals surface area contributed by atoms with Crippen LogP contribution in [0.15, 0.2) is 24.3 Å². The minimum Gasteiger partial charge on any atom is -0.497 e. The van der Waals surface area contributed by atoms with Crippen molar-refractivity contribution in [1.29, 1.82) is 0 Å². The fraction of sp³-hybridized carbons (Fsp3) is 0.429. The monoisotopic (exact) mass is 265 g/mol. The van der Waals surface area contributed by atoms with Crippen LogP contribution < -0.4 is 10.1 Å². The summed E-state index contributed by atoms with van der Waals surface area (Å²) in [5.74, 6) is -0.561. The van der Waals surface area contributed by atoms with E-state index in [2.05, 4.69) is 5.32 Å². The molecule has 0 aliphatic heterocycles. The Hall–Kier alpha value is -2.04. The molecule has 0 atom stereocenters. The van der Waals surface area contributed by atoms with Gasteiger partial charge in [-0.05, 0) is 38.0 Å². The normalized spacial score (nSPS) is 10.9. The molecule has 0 bridgehead atoms. The molecule has 0 saturated carbocycles. The fourth-order valence-corrected chi connectivity index (χ4v) is 1.51. The van der Waals surface area contributed by atoms with Gasteiger partial charge in [-0.25, -0.2) is 4.79 Å². The number of rotatable bonds is 6. The molecule has 0 aliphatic rings. The zero-order valence-electron chi connectivity index (χ0n) is 11.4. The third kappa shape index (κ3) is 4.62. The van der Waals surface area contributed by atoms with Crippen LogP contribution in [-0.4, -0.2) is 29.6 Å². The number of nitrogens with one attached hydrogen (secondary N) is 1. The first-order chi connectivity index (χ1) is 8.85. The van der Waals surface area contributed by atoms with Gasteiger partial charge in [0.2, 0.25) is 5.91 Å². The lowest BCUT2D eigenvalue weighted by molar-refractivity contribution is -0.146. The first-order valence-electron chi connectivity index (χ1n) is 6.02. The minimum absolute atomic E-state index is 0.253. The largest absolute Gasteiger partial charge is 0.497 e. The maximum atomic E-state index is 11.7. The van der Waals surface area contributed by atoms with Crippen LogP contribution in [0.3, 0.4) is 0 Å². The van der Waals surface area contributed by atoms with E-state index in [-0.39, 0.29) is 12.3 Å². The van der Waals surface area contributed by atoms with E-state index in [1.165, 1.54) is 13.8 Å². The van der Waals surface area contributed by atoms with Gasteiger partial charge >= 0.3 is 5.97 Å². The molecule has 19 heavy (non-hydrogen) atoms. The van der Waals surface area contributed by atoms with Crippen molar-refractivity contribution in [2.24, 2.45) is 0 Å². The quantitative estimate of drug-likeness (QED) is 0.819. The highest BCUT2D eigenvalue weighted by Gasteiger charge is 2.28. The summed E-state index contributed by atoms with van der Waals surface area (Å²) in [6, 6.07) is 7.42. The highest BCUT2D eigenvalue weighted by atomic mass is 16.5. The van der Waals surface area contributed by atoms with E-state index in [1.807, 2.05) is 24.3 Å². The topological polar surface area (TPSA) is 75.6 Å². The van der Waals surface area contributed by atoms with Crippen LogP contribution in [0.5, 0.6) is 5.75 Å². The van der Waals surface area contributed by atoms with Gasteiger partial charge in [0.1, 0.15) is 11.3 Å². The lowest BCUT2D eigenvalue weighted by Gasteiger charge is -2.20. The molecule has 5 heteroatoms. The highest BCUT2D eigenvalue weighted by Crippen LogP contribution is 2.12. The second kappa shape index (κ2) is 6.22. The van der Waals surface area contributed by atoms with E-state index in [1.54, 1.807) is 7.11 Å². The van der Waals surface area contributed by atoms with Gasteiger partial charge in [-0.3, -0.25) is 4.79 Å². The smallest absolute Gasteiger partial charge is 0.328 e. The van der Waals surface area contributed by atoms with E-state index < -0.39 is 11.5 Å². The van der Waals surface area contributed by atoms with Gasteiger partial charge in [-0.1, -0.05) is 12.1 Å². The van der Waals surface area contributed by atoms with Crippen LogP contribution in [0.2, 0.25) is 0 Å². The van der Waals surface area contributed by atoms with Crippen LogP contribution in [0.25, 0.3) is 0 Å². The molecule has 104 valence electrons. The summed E-state index contributed by atoms with van der Waals surface area (Å²) in [7, 11) is 1.59. The molecule has 2 N–H and O–H groups in total. The average molecular weight is 265 g/mol. The van der Waals surface area contributed by atoms with Crippen LogP contribution in [0.4, 0.5) is 0 Å². The Morgan fingerprint density at radius 1 is 1.26 bits per heavy atom. The summed E-state index contributed by atoms with van der Waals surface area (Å²) in [5.41, 5.74) is -0.235. The molecule has 0 aromatic heterocycles. The summed E-state index contributed by atoms with van der Waals surface area (Å²) in [5, 5.41) is 11.4. The number of amides is 1. The molecule has 0 radical (unpaired) electrons. The van der Waals surface area contributed by atoms with E-state index in [4.69, 9.17) is 9.84 Å². The third-order valence-corrected chi connectivity index (χ3v) is 2.79. The number of carboxylic acid groups (broad SMARTS) is 1. The molecule has 0 spiro atoms. The lowest BCUT2D eigenvalue weighted by Crippen LogP contribution is -2.49. The van der Waals surface area contributed by atoms with Crippen molar-refractivity contribution in [2.45, 2.75) is 32.2 Å². The molecule has 1 rings (SSSR count). The van der Waals surface area contributed by atoms with Crippen molar-refractivity contribution in [3.8, 4) is 5.75 Å². The van der Waals surface area contributed by atoms with Gasteiger partial charge in [0.25, 0.3) is 0 Å². The van der Waals surface area contributed by atoms with Crippen molar-refractivity contribution in [2.75, 3.05) is 7.11 Å². The maximum Gasteiger partial charge on any atom is 0.328 e. The molecule has 1 aromatic rings. The Labute approximate surface area is 112 Å². The van der Waals surface area contributed by atoms with E-state index in [0.717, 1.165) is 11.3 Å². The number of ether oxygens (including phenoxy) is 1. The zero-order valence-corrected chi connectivity index (χ0v) is 11.4. The number of aliphatic carboxylic acids is 1. The molecule has 0 heterocycles. The zero-order chi connectivity index (χ0) is 14.5. The second-order valence-corrected chi connectivity index (χ2v) is 4.83. The number of aryl methyl sites for hydroxylation is 1. The van der Waals surface area contributed by atoms with Gasteiger partial charge in [-0.15, -0.1) is 0 Å². The van der Waals surface area contributed by atoms with Crippen molar-refractivity contribution >= 4 is 11.9 Å². The predicted molar refractivity (Wildman–Crippen MR) is 71.2 cm³/mol. The number of benzene rings is 1. The van der Waals surface area contributed by atoms with Gasteiger partial charge < -0.3 is 15.2 Å². The van der Waals surface area contributed by atoms with Crippen molar-refractivity contribution in [3.05, 3.63) is 29.8 Å². The van der Waals surface area contributed by atoms with Crippen molar-refractivity contribution in [3.63, 3.8) is 0 Å². The van der Waals surface area contributed by atoms with E-state index >= 15 is 0 Å². The van der Waals surface area contributed by atoms with Gasteiger partial charge in [0.15, 0.2) is 0 Å². The van der Waals surface area contributed by atoms with Crippen LogP contribution in [0, 0.1) is 0 Å². The van der Waals surface area contributed by atoms with Crippen molar-refractivity contribution in [1.82, 2.24) is 5.32 Å². The number of hydrogen-bond acceptors (Lipinski definition) is 3. The molecule has 1 aromatic carbocycles. The van der Waals surface area contributed by atoms with Crippen LogP contribution >= 0.6 is 0 Å². The van der Waals surface area contributed by atoms with Crippen LogP contribution in [0.1, 0.15) is 25.8 Å². The predicted octanol–water partition coefficient (Wildman–Crippen LogP) is 1.61. The molecule has 0 unspecified atom stereocenters. The Morgan fingerprint density at radius 3 is 2.32 bits per heavy atom. The van der Waals surface area contributed by atoms with Crippen molar-refractivity contribution < 1.29 is 19.4 Å². The SMILES string of the molecule is COc1ccc(CCC(=O)NC(C)(C)C(=O)O)cc1. The molecular formula is C14H19NO4. The molecular weight excluding hydrogens is 246 g/mol. The lowest BCUT2D eigenvalue weighted by atomic mass is 10.0. The molecule has 0 fully saturated rings. The summed E-state index contributed by atoms with van der Waals surface area (Å²) < 4.78 is 5.04. The second-order valence-electron chi connectivity index (χ2n) is 4.83. The number of hydrogen-bond donors (Lipinski definition) is 2. The molecule has 1 amide bonds. The first kappa shape index (κ1) is 15.0. The van der Waals surface area contributed by atoms with Gasteiger partial charge in [0.05, 0.1) is 7.11 Å². The standard InChI is InChI=1S/C14H19NO4/c1-14(2,13(17)18)15-12(16)9-6-10-4-7-11(19-3)8-5-10/h4-5,7-8H,6,9H2,1-3H3,(H,15,16)(H,17,18).